The van der Waals surface area contributed by atoms with Gasteiger partial charge in [-0.05, 0) is 30.3 Å². The first-order valence-electron chi connectivity index (χ1n) is 10.6. The lowest BCUT2D eigenvalue weighted by molar-refractivity contribution is -0.116. The molecule has 172 valence electrons. The summed E-state index contributed by atoms with van der Waals surface area (Å²) in [5.41, 5.74) is 1.26. The fourth-order valence-corrected chi connectivity index (χ4v) is 6.05. The molecule has 10 heteroatoms. The van der Waals surface area contributed by atoms with Crippen LogP contribution in [0.1, 0.15) is 6.92 Å². The van der Waals surface area contributed by atoms with Crippen molar-refractivity contribution in [2.75, 3.05) is 61.4 Å². The number of benzene rings is 2. The molecule has 2 aliphatic heterocycles. The third kappa shape index (κ3) is 5.09. The van der Waals surface area contributed by atoms with Crippen LogP contribution >= 0.6 is 11.8 Å². The zero-order chi connectivity index (χ0) is 22.7. The number of carbonyl (C=O) groups excluding carboxylic acids is 1. The van der Waals surface area contributed by atoms with Gasteiger partial charge in [-0.1, -0.05) is 12.1 Å². The van der Waals surface area contributed by atoms with E-state index in [-0.39, 0.29) is 23.2 Å². The highest BCUT2D eigenvalue weighted by molar-refractivity contribution is 7.99. The molecule has 1 amide bonds. The Balaban J connectivity index is 1.32. The molecule has 0 bridgehead atoms. The number of anilines is 2. The largest absolute Gasteiger partial charge is 0.367 e. The van der Waals surface area contributed by atoms with E-state index < -0.39 is 10.0 Å². The van der Waals surface area contributed by atoms with Crippen LogP contribution in [0, 0.1) is 5.82 Å². The zero-order valence-corrected chi connectivity index (χ0v) is 19.6. The molecule has 0 aromatic heterocycles. The number of carbonyl (C=O) groups is 1. The molecular formula is C22H27FN4O3S2. The van der Waals surface area contributed by atoms with Crippen LogP contribution in [0.15, 0.2) is 52.3 Å². The van der Waals surface area contributed by atoms with Gasteiger partial charge < -0.3 is 9.80 Å². The molecule has 2 aromatic rings. The number of amides is 1. The van der Waals surface area contributed by atoms with Crippen LogP contribution in [-0.2, 0) is 14.8 Å². The zero-order valence-electron chi connectivity index (χ0n) is 18.0. The Kier molecular flexibility index (Phi) is 7.04. The maximum Gasteiger partial charge on any atom is 0.240 e. The number of nitrogens with one attached hydrogen (secondary N) is 1. The van der Waals surface area contributed by atoms with Crippen LogP contribution in [0.3, 0.4) is 0 Å². The molecule has 0 aliphatic carbocycles. The molecule has 32 heavy (non-hydrogen) atoms. The minimum Gasteiger partial charge on any atom is -0.367 e. The van der Waals surface area contributed by atoms with E-state index in [4.69, 9.17) is 0 Å². The number of para-hydroxylation sites is 1. The molecule has 2 aliphatic rings. The van der Waals surface area contributed by atoms with E-state index in [1.54, 1.807) is 47.0 Å². The van der Waals surface area contributed by atoms with Gasteiger partial charge in [-0.15, -0.1) is 11.8 Å². The molecule has 0 unspecified atom stereocenters. The third-order valence-electron chi connectivity index (χ3n) is 5.77. The van der Waals surface area contributed by atoms with Gasteiger partial charge in [-0.2, -0.15) is 0 Å². The van der Waals surface area contributed by atoms with Gasteiger partial charge in [0.2, 0.25) is 15.9 Å². The second kappa shape index (κ2) is 9.78. The van der Waals surface area contributed by atoms with Crippen LogP contribution in [0.5, 0.6) is 0 Å². The first-order chi connectivity index (χ1) is 15.3. The molecule has 4 rings (SSSR count). The molecule has 1 fully saturated rings. The average molecular weight is 479 g/mol. The smallest absolute Gasteiger partial charge is 0.240 e. The van der Waals surface area contributed by atoms with E-state index in [1.165, 1.54) is 13.0 Å². The lowest BCUT2D eigenvalue weighted by Gasteiger charge is -2.36. The Hall–Kier alpha value is -2.14. The number of hydrogen-bond acceptors (Lipinski definition) is 6. The fraction of sp³-hybridized carbons (Fsp3) is 0.409. The first-order valence-corrected chi connectivity index (χ1v) is 13.1. The van der Waals surface area contributed by atoms with Gasteiger partial charge in [-0.25, -0.2) is 17.5 Å². The van der Waals surface area contributed by atoms with Crippen molar-refractivity contribution < 1.29 is 17.6 Å². The van der Waals surface area contributed by atoms with Gasteiger partial charge in [0.15, 0.2) is 0 Å². The van der Waals surface area contributed by atoms with Crippen LogP contribution in [0.2, 0.25) is 0 Å². The number of hydrogen-bond donors (Lipinski definition) is 1. The quantitative estimate of drug-likeness (QED) is 0.688. The molecule has 0 radical (unpaired) electrons. The van der Waals surface area contributed by atoms with Gasteiger partial charge in [-0.3, -0.25) is 9.69 Å². The minimum atomic E-state index is -3.69. The van der Waals surface area contributed by atoms with Crippen LogP contribution in [-0.4, -0.2) is 70.8 Å². The summed E-state index contributed by atoms with van der Waals surface area (Å²) < 4.78 is 42.3. The van der Waals surface area contributed by atoms with E-state index >= 15 is 0 Å². The molecule has 1 N–H and O–H groups in total. The second-order valence-corrected chi connectivity index (χ2v) is 10.7. The Morgan fingerprint density at radius 2 is 1.81 bits per heavy atom. The summed E-state index contributed by atoms with van der Waals surface area (Å²) in [5.74, 6) is 0.477. The summed E-state index contributed by atoms with van der Waals surface area (Å²) in [6, 6.07) is 11.7. The van der Waals surface area contributed by atoms with Gasteiger partial charge in [0.05, 0.1) is 16.3 Å². The average Bonchev–Trinajstić information content (AvgIpc) is 2.79. The molecule has 7 nitrogen and oxygen atoms in total. The summed E-state index contributed by atoms with van der Waals surface area (Å²) in [7, 11) is -3.69. The van der Waals surface area contributed by atoms with Gasteiger partial charge >= 0.3 is 0 Å². The van der Waals surface area contributed by atoms with E-state index in [2.05, 4.69) is 9.62 Å². The number of nitrogens with zero attached hydrogens (tertiary/aromatic N) is 3. The van der Waals surface area contributed by atoms with Crippen molar-refractivity contribution >= 4 is 39.1 Å². The minimum absolute atomic E-state index is 0.0939. The Labute approximate surface area is 192 Å². The summed E-state index contributed by atoms with van der Waals surface area (Å²) in [6.07, 6.45) is 0. The lowest BCUT2D eigenvalue weighted by atomic mass is 10.2. The van der Waals surface area contributed by atoms with Gasteiger partial charge in [0.1, 0.15) is 5.82 Å². The maximum atomic E-state index is 14.0. The van der Waals surface area contributed by atoms with E-state index in [0.717, 1.165) is 23.7 Å². The number of piperazine rings is 1. The van der Waals surface area contributed by atoms with Crippen molar-refractivity contribution in [2.45, 2.75) is 16.7 Å². The Bertz CT molecular complexity index is 1090. The van der Waals surface area contributed by atoms with E-state index in [1.807, 2.05) is 11.0 Å². The van der Waals surface area contributed by atoms with Gasteiger partial charge in [0, 0.05) is 63.4 Å². The normalized spacial score (nSPS) is 17.3. The van der Waals surface area contributed by atoms with Crippen molar-refractivity contribution in [1.29, 1.82) is 0 Å². The van der Waals surface area contributed by atoms with Crippen molar-refractivity contribution in [2.24, 2.45) is 0 Å². The van der Waals surface area contributed by atoms with Crippen molar-refractivity contribution in [3.05, 3.63) is 48.3 Å². The SMILES string of the molecule is CC(=O)N1CCSc2ccc(S(=O)(=O)NCCN3CCN(c4ccccc4F)CC3)cc21. The van der Waals surface area contributed by atoms with Crippen molar-refractivity contribution in [3.8, 4) is 0 Å². The molecular weight excluding hydrogens is 451 g/mol. The predicted molar refractivity (Wildman–Crippen MR) is 125 cm³/mol. The first kappa shape index (κ1) is 23.0. The summed E-state index contributed by atoms with van der Waals surface area (Å²) >= 11 is 1.62. The summed E-state index contributed by atoms with van der Waals surface area (Å²) in [5, 5.41) is 0. The maximum absolute atomic E-state index is 14.0. The summed E-state index contributed by atoms with van der Waals surface area (Å²) in [6.45, 7) is 5.77. The highest BCUT2D eigenvalue weighted by Gasteiger charge is 2.24. The van der Waals surface area contributed by atoms with Crippen molar-refractivity contribution in [3.63, 3.8) is 0 Å². The number of sulfonamides is 1. The van der Waals surface area contributed by atoms with Crippen LogP contribution in [0.25, 0.3) is 0 Å². The van der Waals surface area contributed by atoms with Crippen LogP contribution in [0.4, 0.5) is 15.8 Å². The second-order valence-electron chi connectivity index (χ2n) is 7.83. The highest BCUT2D eigenvalue weighted by atomic mass is 32.2. The van der Waals surface area contributed by atoms with Crippen LogP contribution < -0.4 is 14.5 Å². The Morgan fingerprint density at radius 1 is 1.06 bits per heavy atom. The lowest BCUT2D eigenvalue weighted by Crippen LogP contribution is -2.48. The van der Waals surface area contributed by atoms with E-state index in [0.29, 0.717) is 37.6 Å². The van der Waals surface area contributed by atoms with Gasteiger partial charge in [0.25, 0.3) is 0 Å². The molecule has 1 saturated heterocycles. The predicted octanol–water partition coefficient (Wildman–Crippen LogP) is 2.38. The standard InChI is InChI=1S/C22H27FN4O3S2/c1-17(28)27-14-15-31-22-7-6-18(16-21(22)27)32(29,30)24-8-9-25-10-12-26(13-11-25)20-5-3-2-4-19(20)23/h2-7,16,24H,8-15H2,1H3. The number of halogens is 1. The number of rotatable bonds is 6. The molecule has 0 saturated carbocycles. The van der Waals surface area contributed by atoms with E-state index in [9.17, 15) is 17.6 Å². The molecule has 0 spiro atoms. The Morgan fingerprint density at radius 3 is 2.53 bits per heavy atom. The topological polar surface area (TPSA) is 73.0 Å². The monoisotopic (exact) mass is 478 g/mol. The molecule has 2 heterocycles. The van der Waals surface area contributed by atoms with Crippen molar-refractivity contribution in [1.82, 2.24) is 9.62 Å². The molecule has 2 aromatic carbocycles. The highest BCUT2D eigenvalue weighted by Crippen LogP contribution is 2.36. The third-order valence-corrected chi connectivity index (χ3v) is 8.27. The molecule has 0 atom stereocenters. The summed E-state index contributed by atoms with van der Waals surface area (Å²) in [4.78, 5) is 18.8. The number of fused-ring (bicyclic) bond motifs is 1. The number of thioether (sulfide) groups is 1. The fourth-order valence-electron chi connectivity index (χ4n) is 4.03.